The summed E-state index contributed by atoms with van der Waals surface area (Å²) in [6.45, 7) is 4.36. The molecule has 32 heavy (non-hydrogen) atoms. The number of hydrogen-bond donors (Lipinski definition) is 0. The quantitative estimate of drug-likeness (QED) is 0.455. The van der Waals surface area contributed by atoms with E-state index in [0.29, 0.717) is 25.7 Å². The summed E-state index contributed by atoms with van der Waals surface area (Å²) in [6, 6.07) is 2.53. The van der Waals surface area contributed by atoms with Crippen LogP contribution in [0.5, 0.6) is 0 Å². The SMILES string of the molecule is COC(=O)C1C[C@]2(C#N)CC(=O)CC[C@]2(C)[C@@]23OC2C[C@@]2(C)C(CC[C@@]24CCC(=O)O4)C13. The Balaban J connectivity index is 1.51. The predicted molar refractivity (Wildman–Crippen MR) is 110 cm³/mol. The summed E-state index contributed by atoms with van der Waals surface area (Å²) in [5.41, 5.74) is -2.77. The molecule has 4 saturated carbocycles. The number of carbonyl (C=O) groups is 3. The molecule has 0 aromatic heterocycles. The highest BCUT2D eigenvalue weighted by atomic mass is 16.6. The lowest BCUT2D eigenvalue weighted by Gasteiger charge is -2.63. The first-order chi connectivity index (χ1) is 15.1. The van der Waals surface area contributed by atoms with Crippen molar-refractivity contribution in [1.29, 1.82) is 5.26 Å². The maximum Gasteiger partial charge on any atom is 0.309 e. The third kappa shape index (κ3) is 2.01. The molecule has 7 heteroatoms. The second-order valence-electron chi connectivity index (χ2n) is 11.7. The van der Waals surface area contributed by atoms with Crippen LogP contribution in [0.15, 0.2) is 0 Å². The number of ether oxygens (including phenoxy) is 3. The summed E-state index contributed by atoms with van der Waals surface area (Å²) in [7, 11) is 1.40. The minimum Gasteiger partial charge on any atom is -0.469 e. The number of methoxy groups -OCH3 is 1. The number of nitriles is 1. The third-order valence-electron chi connectivity index (χ3n) is 11.1. The molecule has 172 valence electrons. The van der Waals surface area contributed by atoms with Crippen molar-refractivity contribution >= 4 is 17.7 Å². The van der Waals surface area contributed by atoms with E-state index in [-0.39, 0.29) is 47.5 Å². The van der Waals surface area contributed by atoms with Crippen molar-refractivity contribution in [2.45, 2.75) is 88.9 Å². The van der Waals surface area contributed by atoms with Crippen LogP contribution in [0.4, 0.5) is 0 Å². The topological polar surface area (TPSA) is 106 Å². The number of fused-ring (bicyclic) bond motifs is 4. The zero-order chi connectivity index (χ0) is 22.7. The highest BCUT2D eigenvalue weighted by Gasteiger charge is 2.86. The van der Waals surface area contributed by atoms with Crippen LogP contribution in [0.2, 0.25) is 0 Å². The molecule has 6 aliphatic rings. The summed E-state index contributed by atoms with van der Waals surface area (Å²) in [6.07, 6.45) is 5.10. The maximum atomic E-state index is 13.2. The van der Waals surface area contributed by atoms with E-state index in [1.807, 2.05) is 0 Å². The first-order valence-electron chi connectivity index (χ1n) is 12.0. The number of hydrogen-bond acceptors (Lipinski definition) is 7. The Hall–Kier alpha value is -1.94. The van der Waals surface area contributed by atoms with Gasteiger partial charge in [0, 0.05) is 36.0 Å². The van der Waals surface area contributed by atoms with E-state index in [1.54, 1.807) is 0 Å². The van der Waals surface area contributed by atoms with Crippen molar-refractivity contribution in [1.82, 2.24) is 0 Å². The summed E-state index contributed by atoms with van der Waals surface area (Å²) >= 11 is 0. The monoisotopic (exact) mass is 441 g/mol. The Morgan fingerprint density at radius 2 is 1.94 bits per heavy atom. The minimum atomic E-state index is -0.920. The van der Waals surface area contributed by atoms with Crippen molar-refractivity contribution < 1.29 is 28.6 Å². The predicted octanol–water partition coefficient (Wildman–Crippen LogP) is 3.10. The molecule has 0 aromatic rings. The normalized spacial score (nSPS) is 55.2. The second kappa shape index (κ2) is 5.94. The number of esters is 2. The molecule has 0 aromatic carbocycles. The average molecular weight is 442 g/mol. The van der Waals surface area contributed by atoms with Crippen molar-refractivity contribution in [3.63, 3.8) is 0 Å². The highest BCUT2D eigenvalue weighted by molar-refractivity contribution is 5.82. The van der Waals surface area contributed by atoms with Gasteiger partial charge in [-0.1, -0.05) is 13.8 Å². The van der Waals surface area contributed by atoms with Gasteiger partial charge in [-0.2, -0.15) is 5.26 Å². The Labute approximate surface area is 188 Å². The Morgan fingerprint density at radius 1 is 1.16 bits per heavy atom. The zero-order valence-electron chi connectivity index (χ0n) is 19.1. The van der Waals surface area contributed by atoms with E-state index >= 15 is 0 Å². The first kappa shape index (κ1) is 20.7. The van der Waals surface area contributed by atoms with Gasteiger partial charge in [0.05, 0.1) is 30.6 Å². The van der Waals surface area contributed by atoms with Crippen LogP contribution >= 0.6 is 0 Å². The standard InChI is InChI=1S/C25H31NO6/c1-21-12-17-25(31-17)19(16(21)5-8-24(21)9-6-18(28)32-24)15(20(29)30-3)11-23(13-26)10-14(27)4-7-22(23,25)2/h15-17,19H,4-12H2,1-3H3/t15?,16?,17?,19?,21-,22-,23-,24+,25+/m0/s1. The van der Waals surface area contributed by atoms with Crippen LogP contribution in [0.25, 0.3) is 0 Å². The van der Waals surface area contributed by atoms with Gasteiger partial charge in [-0.3, -0.25) is 14.4 Å². The van der Waals surface area contributed by atoms with Gasteiger partial charge in [-0.05, 0) is 44.4 Å². The number of rotatable bonds is 1. The lowest BCUT2D eigenvalue weighted by atomic mass is 9.37. The van der Waals surface area contributed by atoms with Crippen molar-refractivity contribution in [3.05, 3.63) is 0 Å². The fraction of sp³-hybridized carbons (Fsp3) is 0.840. The molecule has 2 spiro atoms. The summed E-state index contributed by atoms with van der Waals surface area (Å²) < 4.78 is 17.9. The van der Waals surface area contributed by atoms with Crippen LogP contribution in [-0.2, 0) is 28.6 Å². The summed E-state index contributed by atoms with van der Waals surface area (Å²) in [4.78, 5) is 37.9. The molecule has 4 aliphatic carbocycles. The molecule has 0 radical (unpaired) electrons. The van der Waals surface area contributed by atoms with E-state index in [1.165, 1.54) is 7.11 Å². The Bertz CT molecular complexity index is 987. The lowest BCUT2D eigenvalue weighted by molar-refractivity contribution is -0.193. The molecule has 2 heterocycles. The molecule has 0 bridgehead atoms. The van der Waals surface area contributed by atoms with Gasteiger partial charge in [0.1, 0.15) is 17.0 Å². The minimum absolute atomic E-state index is 0.0954. The molecule has 4 unspecified atom stereocenters. The van der Waals surface area contributed by atoms with Crippen LogP contribution in [0.3, 0.4) is 0 Å². The molecule has 2 aliphatic heterocycles. The van der Waals surface area contributed by atoms with Gasteiger partial charge >= 0.3 is 11.9 Å². The van der Waals surface area contributed by atoms with Crippen molar-refractivity contribution in [2.24, 2.45) is 34.0 Å². The van der Waals surface area contributed by atoms with E-state index in [2.05, 4.69) is 19.9 Å². The van der Waals surface area contributed by atoms with Crippen LogP contribution in [-0.4, -0.2) is 42.1 Å². The fourth-order valence-corrected chi connectivity index (χ4v) is 9.46. The Kier molecular flexibility index (Phi) is 3.83. The Morgan fingerprint density at radius 3 is 2.59 bits per heavy atom. The van der Waals surface area contributed by atoms with Gasteiger partial charge in [0.25, 0.3) is 0 Å². The van der Waals surface area contributed by atoms with Gasteiger partial charge in [-0.25, -0.2) is 0 Å². The number of Topliss-reactive ketones (excluding diaryl/α,β-unsaturated/α-hetero) is 1. The number of carbonyl (C=O) groups excluding carboxylic acids is 3. The molecule has 7 nitrogen and oxygen atoms in total. The highest BCUT2D eigenvalue weighted by Crippen LogP contribution is 2.80. The van der Waals surface area contributed by atoms with Crippen LogP contribution in [0, 0.1) is 45.3 Å². The van der Waals surface area contributed by atoms with E-state index in [0.717, 1.165) is 25.7 Å². The molecule has 0 N–H and O–H groups in total. The van der Waals surface area contributed by atoms with E-state index in [9.17, 15) is 19.6 Å². The van der Waals surface area contributed by atoms with Crippen molar-refractivity contribution in [2.75, 3.05) is 7.11 Å². The fourth-order valence-electron chi connectivity index (χ4n) is 9.46. The molecular formula is C25H31NO6. The molecule has 2 saturated heterocycles. The van der Waals surface area contributed by atoms with E-state index < -0.39 is 27.9 Å². The number of epoxide rings is 1. The zero-order valence-corrected chi connectivity index (χ0v) is 19.1. The molecule has 9 atom stereocenters. The molecule has 6 fully saturated rings. The smallest absolute Gasteiger partial charge is 0.309 e. The van der Waals surface area contributed by atoms with Crippen molar-refractivity contribution in [3.8, 4) is 6.07 Å². The van der Waals surface area contributed by atoms with Crippen LogP contribution < -0.4 is 0 Å². The summed E-state index contributed by atoms with van der Waals surface area (Å²) in [5, 5.41) is 10.4. The summed E-state index contributed by atoms with van der Waals surface area (Å²) in [5.74, 6) is -0.806. The molecule has 6 rings (SSSR count). The van der Waals surface area contributed by atoms with Gasteiger partial charge in [0.15, 0.2) is 0 Å². The average Bonchev–Trinajstić information content (AvgIpc) is 3.25. The molecular weight excluding hydrogens is 410 g/mol. The largest absolute Gasteiger partial charge is 0.469 e. The number of ketones is 1. The van der Waals surface area contributed by atoms with E-state index in [4.69, 9.17) is 14.2 Å². The number of nitrogens with zero attached hydrogens (tertiary/aromatic N) is 1. The second-order valence-corrected chi connectivity index (χ2v) is 11.7. The third-order valence-corrected chi connectivity index (χ3v) is 11.1. The van der Waals surface area contributed by atoms with Crippen LogP contribution in [0.1, 0.15) is 71.6 Å². The molecule has 0 amide bonds. The lowest BCUT2D eigenvalue weighted by Crippen LogP contribution is -2.68. The van der Waals surface area contributed by atoms with Gasteiger partial charge in [-0.15, -0.1) is 0 Å². The first-order valence-corrected chi connectivity index (χ1v) is 12.0. The van der Waals surface area contributed by atoms with Gasteiger partial charge < -0.3 is 14.2 Å². The maximum absolute atomic E-state index is 13.2. The van der Waals surface area contributed by atoms with Gasteiger partial charge in [0.2, 0.25) is 0 Å².